The van der Waals surface area contributed by atoms with Crippen molar-refractivity contribution in [3.8, 4) is 0 Å². The molecule has 0 bridgehead atoms. The third-order valence-electron chi connectivity index (χ3n) is 4.73. The van der Waals surface area contributed by atoms with E-state index in [1.165, 1.54) is 10.6 Å². The third kappa shape index (κ3) is 6.56. The molecule has 1 amide bonds. The maximum Gasteiger partial charge on any atom is 0.333 e. The number of hydrogen-bond acceptors (Lipinski definition) is 7. The predicted molar refractivity (Wildman–Crippen MR) is 123 cm³/mol. The molecule has 1 atom stereocenters. The molecule has 3 rings (SSSR count). The van der Waals surface area contributed by atoms with Crippen molar-refractivity contribution in [3.05, 3.63) is 49.4 Å². The Balaban J connectivity index is 1.89. The summed E-state index contributed by atoms with van der Waals surface area (Å²) in [5, 5.41) is 2.82. The second-order valence-electron chi connectivity index (χ2n) is 6.95. The molecule has 31 heavy (non-hydrogen) atoms. The lowest BCUT2D eigenvalue weighted by atomic mass is 10.2. The van der Waals surface area contributed by atoms with Gasteiger partial charge in [0.05, 0.1) is 23.3 Å². The lowest BCUT2D eigenvalue weighted by Crippen LogP contribution is -2.40. The van der Waals surface area contributed by atoms with Crippen molar-refractivity contribution in [2.45, 2.75) is 37.3 Å². The van der Waals surface area contributed by atoms with Crippen LogP contribution in [0.3, 0.4) is 0 Å². The van der Waals surface area contributed by atoms with Gasteiger partial charge in [-0.05, 0) is 49.8 Å². The molecule has 9 heteroatoms. The highest BCUT2D eigenvalue weighted by atomic mass is 32.2. The van der Waals surface area contributed by atoms with Crippen LogP contribution in [-0.2, 0) is 25.6 Å². The second kappa shape index (κ2) is 11.3. The van der Waals surface area contributed by atoms with Crippen LogP contribution in [0, 0.1) is 0 Å². The molecule has 0 radical (unpaired) electrons. The number of thioether (sulfide) groups is 1. The van der Waals surface area contributed by atoms with E-state index in [4.69, 9.17) is 9.47 Å². The van der Waals surface area contributed by atoms with Gasteiger partial charge in [-0.25, -0.2) is 4.79 Å². The number of carbonyl (C=O) groups is 2. The molecular weight excluding hydrogens is 436 g/mol. The first kappa shape index (κ1) is 23.3. The molecule has 1 N–H and O–H groups in total. The Bertz CT molecular complexity index is 1080. The zero-order valence-electron chi connectivity index (χ0n) is 17.6. The average molecular weight is 463 g/mol. The number of ether oxygens (including phenoxy) is 2. The first-order valence-corrected chi connectivity index (χ1v) is 12.2. The number of aromatic nitrogens is 1. The fourth-order valence-corrected chi connectivity index (χ4v) is 4.60. The molecule has 166 valence electrons. The summed E-state index contributed by atoms with van der Waals surface area (Å²) in [7, 11) is 0. The van der Waals surface area contributed by atoms with Crippen molar-refractivity contribution < 1.29 is 19.1 Å². The number of esters is 1. The van der Waals surface area contributed by atoms with Crippen LogP contribution >= 0.6 is 23.1 Å². The molecule has 2 heterocycles. The van der Waals surface area contributed by atoms with E-state index in [-0.39, 0.29) is 30.7 Å². The number of benzene rings is 1. The van der Waals surface area contributed by atoms with Gasteiger partial charge >= 0.3 is 5.97 Å². The molecular formula is C22H26N2O5S2. The zero-order chi connectivity index (χ0) is 22.2. The van der Waals surface area contributed by atoms with Gasteiger partial charge in [0.25, 0.3) is 5.56 Å². The smallest absolute Gasteiger partial charge is 0.333 e. The number of nitrogens with zero attached hydrogens (tertiary/aromatic N) is 1. The van der Waals surface area contributed by atoms with Gasteiger partial charge in [-0.3, -0.25) is 14.2 Å². The summed E-state index contributed by atoms with van der Waals surface area (Å²) in [6.45, 7) is 2.89. The Morgan fingerprint density at radius 2 is 2.13 bits per heavy atom. The summed E-state index contributed by atoms with van der Waals surface area (Å²) in [5.41, 5.74) is 0.551. The van der Waals surface area contributed by atoms with Crippen LogP contribution < -0.4 is 20.1 Å². The highest BCUT2D eigenvalue weighted by molar-refractivity contribution is 7.98. The van der Waals surface area contributed by atoms with E-state index in [1.807, 2.05) is 30.5 Å². The fourth-order valence-electron chi connectivity index (χ4n) is 3.16. The number of hydrogen-bond donors (Lipinski definition) is 1. The van der Waals surface area contributed by atoms with Gasteiger partial charge in [0, 0.05) is 18.0 Å². The number of nitrogens with one attached hydrogen (secondary N) is 1. The van der Waals surface area contributed by atoms with E-state index >= 15 is 0 Å². The van der Waals surface area contributed by atoms with Crippen molar-refractivity contribution in [1.82, 2.24) is 9.88 Å². The van der Waals surface area contributed by atoms with E-state index < -0.39 is 5.97 Å². The number of amides is 1. The Morgan fingerprint density at radius 3 is 2.77 bits per heavy atom. The van der Waals surface area contributed by atoms with Gasteiger partial charge in [0.2, 0.25) is 5.91 Å². The van der Waals surface area contributed by atoms with E-state index in [0.717, 1.165) is 34.6 Å². The van der Waals surface area contributed by atoms with Crippen LogP contribution in [0.5, 0.6) is 0 Å². The molecule has 1 aliphatic rings. The van der Waals surface area contributed by atoms with Gasteiger partial charge in [0.1, 0.15) is 11.2 Å². The standard InChI is InChI=1S/C22H26N2O5S2/c1-3-28-21(26)12-20-24(14-19(25)23-13-16-5-4-10-29-16)22(27)18(31-20)11-15-6-8-17(30-2)9-7-15/h6-9,11-12,16H,3-5,10,13-14H2,1-2H3,(H,23,25)/b18-11-,20-12-/t16-/m1/s1. The zero-order valence-corrected chi connectivity index (χ0v) is 19.2. The Hall–Kier alpha value is -2.36. The molecule has 1 fully saturated rings. The maximum atomic E-state index is 13.0. The van der Waals surface area contributed by atoms with Gasteiger partial charge < -0.3 is 14.8 Å². The van der Waals surface area contributed by atoms with Crippen molar-refractivity contribution in [2.24, 2.45) is 0 Å². The minimum Gasteiger partial charge on any atom is -0.463 e. The lowest BCUT2D eigenvalue weighted by molar-refractivity contribution is -0.135. The number of rotatable bonds is 8. The van der Waals surface area contributed by atoms with Gasteiger partial charge in [-0.15, -0.1) is 23.1 Å². The molecule has 1 aromatic carbocycles. The van der Waals surface area contributed by atoms with Crippen LogP contribution in [-0.4, -0.2) is 48.6 Å². The number of carbonyl (C=O) groups excluding carboxylic acids is 2. The third-order valence-corrected chi connectivity index (χ3v) is 6.53. The Kier molecular flexibility index (Phi) is 8.51. The molecule has 7 nitrogen and oxygen atoms in total. The van der Waals surface area contributed by atoms with Crippen LogP contribution in [0.15, 0.2) is 34.0 Å². The molecule has 0 unspecified atom stereocenters. The van der Waals surface area contributed by atoms with Crippen molar-refractivity contribution in [3.63, 3.8) is 0 Å². The quantitative estimate of drug-likeness (QED) is 0.467. The summed E-state index contributed by atoms with van der Waals surface area (Å²) in [4.78, 5) is 38.6. The van der Waals surface area contributed by atoms with E-state index in [9.17, 15) is 14.4 Å². The minimum atomic E-state index is -0.548. The van der Waals surface area contributed by atoms with Crippen molar-refractivity contribution in [2.75, 3.05) is 26.0 Å². The summed E-state index contributed by atoms with van der Waals surface area (Å²) < 4.78 is 12.6. The first-order valence-electron chi connectivity index (χ1n) is 10.1. The highest BCUT2D eigenvalue weighted by Gasteiger charge is 2.17. The van der Waals surface area contributed by atoms with E-state index in [2.05, 4.69) is 5.32 Å². The van der Waals surface area contributed by atoms with Gasteiger partial charge in [-0.1, -0.05) is 12.1 Å². The van der Waals surface area contributed by atoms with Crippen LogP contribution in [0.25, 0.3) is 12.2 Å². The molecule has 1 aromatic heterocycles. The monoisotopic (exact) mass is 462 g/mol. The maximum absolute atomic E-state index is 13.0. The van der Waals surface area contributed by atoms with Crippen molar-refractivity contribution in [1.29, 1.82) is 0 Å². The van der Waals surface area contributed by atoms with E-state index in [1.54, 1.807) is 24.8 Å². The molecule has 2 aromatic rings. The lowest BCUT2D eigenvalue weighted by Gasteiger charge is -2.10. The number of thiazole rings is 1. The molecule has 0 saturated carbocycles. The second-order valence-corrected chi connectivity index (χ2v) is 8.89. The Morgan fingerprint density at radius 1 is 1.35 bits per heavy atom. The Labute approximate surface area is 188 Å². The summed E-state index contributed by atoms with van der Waals surface area (Å²) in [6.07, 6.45) is 6.94. The molecule has 0 aliphatic carbocycles. The molecule has 1 aliphatic heterocycles. The first-order chi connectivity index (χ1) is 15.0. The molecule has 0 spiro atoms. The fraction of sp³-hybridized carbons (Fsp3) is 0.409. The van der Waals surface area contributed by atoms with Crippen molar-refractivity contribution >= 4 is 47.1 Å². The average Bonchev–Trinajstić information content (AvgIpc) is 3.37. The predicted octanol–water partition coefficient (Wildman–Crippen LogP) is 1.10. The summed E-state index contributed by atoms with van der Waals surface area (Å²) in [5.74, 6) is -0.849. The summed E-state index contributed by atoms with van der Waals surface area (Å²) >= 11 is 2.80. The molecule has 1 saturated heterocycles. The minimum absolute atomic E-state index is 0.0156. The normalized spacial score (nSPS) is 17.2. The highest BCUT2D eigenvalue weighted by Crippen LogP contribution is 2.15. The van der Waals surface area contributed by atoms with Crippen LogP contribution in [0.2, 0.25) is 0 Å². The van der Waals surface area contributed by atoms with Crippen LogP contribution in [0.4, 0.5) is 0 Å². The van der Waals surface area contributed by atoms with E-state index in [0.29, 0.717) is 22.3 Å². The summed E-state index contributed by atoms with van der Waals surface area (Å²) in [6, 6.07) is 7.82. The topological polar surface area (TPSA) is 86.6 Å². The van der Waals surface area contributed by atoms with Gasteiger partial charge in [-0.2, -0.15) is 0 Å². The SMILES string of the molecule is CCOC(=O)/C=c1\s/c(=C\c2ccc(SC)cc2)c(=O)n1CC(=O)NC[C@H]1CCCO1. The largest absolute Gasteiger partial charge is 0.463 e. The van der Waals surface area contributed by atoms with Crippen LogP contribution in [0.1, 0.15) is 25.3 Å². The van der Waals surface area contributed by atoms with Gasteiger partial charge in [0.15, 0.2) is 0 Å².